The van der Waals surface area contributed by atoms with Crippen molar-refractivity contribution < 1.29 is 9.90 Å². The van der Waals surface area contributed by atoms with Gasteiger partial charge >= 0.3 is 0 Å². The van der Waals surface area contributed by atoms with Crippen LogP contribution in [0.25, 0.3) is 0 Å². The van der Waals surface area contributed by atoms with E-state index in [9.17, 15) is 9.90 Å². The van der Waals surface area contributed by atoms with E-state index in [4.69, 9.17) is 0 Å². The number of aliphatic hydroxyl groups excluding tert-OH is 1. The van der Waals surface area contributed by atoms with Crippen LogP contribution in [-0.2, 0) is 4.79 Å². The minimum absolute atomic E-state index is 0.190. The number of hydrogen-bond acceptors (Lipinski definition) is 2. The molecular formula is C12H20BrNO2. The maximum absolute atomic E-state index is 11.7. The fourth-order valence-corrected chi connectivity index (χ4v) is 3.25. The average molecular weight is 290 g/mol. The molecule has 1 aliphatic carbocycles. The number of amides is 1. The normalized spacial score (nSPS) is 35.8. The summed E-state index contributed by atoms with van der Waals surface area (Å²) in [4.78, 5) is 13.7. The molecule has 2 fully saturated rings. The highest BCUT2D eigenvalue weighted by Crippen LogP contribution is 2.28. The van der Waals surface area contributed by atoms with Gasteiger partial charge in [-0.3, -0.25) is 4.79 Å². The van der Waals surface area contributed by atoms with Gasteiger partial charge < -0.3 is 10.0 Å². The van der Waals surface area contributed by atoms with Crippen LogP contribution in [0.2, 0.25) is 0 Å². The summed E-state index contributed by atoms with van der Waals surface area (Å²) in [5.74, 6) is 1.04. The first kappa shape index (κ1) is 12.4. The lowest BCUT2D eigenvalue weighted by Crippen LogP contribution is -2.37. The van der Waals surface area contributed by atoms with Crippen molar-refractivity contribution in [3.8, 4) is 0 Å². The number of carbonyl (C=O) groups is 1. The van der Waals surface area contributed by atoms with Gasteiger partial charge in [0.1, 0.15) is 0 Å². The van der Waals surface area contributed by atoms with Crippen molar-refractivity contribution in [3.63, 3.8) is 0 Å². The van der Waals surface area contributed by atoms with Crippen LogP contribution in [0.3, 0.4) is 0 Å². The molecule has 0 radical (unpaired) electrons. The van der Waals surface area contributed by atoms with Gasteiger partial charge in [0.25, 0.3) is 0 Å². The standard InChI is InChI=1S/C12H20BrNO2/c13-6-9-5-12(16)14(7-9)8-10-3-1-2-4-11(10)15/h9-11,15H,1-8H2. The molecular weight excluding hydrogens is 270 g/mol. The van der Waals surface area contributed by atoms with Crippen molar-refractivity contribution in [3.05, 3.63) is 0 Å². The molecule has 1 heterocycles. The molecule has 1 saturated carbocycles. The summed E-state index contributed by atoms with van der Waals surface area (Å²) in [5, 5.41) is 10.8. The summed E-state index contributed by atoms with van der Waals surface area (Å²) < 4.78 is 0. The molecule has 0 bridgehead atoms. The van der Waals surface area contributed by atoms with Gasteiger partial charge in [-0.1, -0.05) is 28.8 Å². The highest BCUT2D eigenvalue weighted by Gasteiger charge is 2.32. The fourth-order valence-electron chi connectivity index (χ4n) is 2.82. The first-order chi connectivity index (χ1) is 7.70. The zero-order valence-corrected chi connectivity index (χ0v) is 11.2. The van der Waals surface area contributed by atoms with Crippen LogP contribution >= 0.6 is 15.9 Å². The van der Waals surface area contributed by atoms with Crippen LogP contribution in [0.1, 0.15) is 32.1 Å². The molecule has 0 aromatic rings. The highest BCUT2D eigenvalue weighted by atomic mass is 79.9. The Bertz CT molecular complexity index is 259. The average Bonchev–Trinajstić information content (AvgIpc) is 2.63. The van der Waals surface area contributed by atoms with Gasteiger partial charge in [-0.05, 0) is 18.8 Å². The Kier molecular flexibility index (Phi) is 4.25. The van der Waals surface area contributed by atoms with Gasteiger partial charge in [0, 0.05) is 30.8 Å². The lowest BCUT2D eigenvalue weighted by Gasteiger charge is -2.31. The van der Waals surface area contributed by atoms with E-state index in [1.54, 1.807) is 0 Å². The number of alkyl halides is 1. The minimum atomic E-state index is -0.190. The molecule has 0 aromatic carbocycles. The van der Waals surface area contributed by atoms with Crippen LogP contribution in [0.5, 0.6) is 0 Å². The summed E-state index contributed by atoms with van der Waals surface area (Å²) in [6.45, 7) is 1.64. The molecule has 0 spiro atoms. The number of halogens is 1. The van der Waals surface area contributed by atoms with Gasteiger partial charge in [0.05, 0.1) is 6.10 Å². The Morgan fingerprint density at radius 1 is 1.38 bits per heavy atom. The summed E-state index contributed by atoms with van der Waals surface area (Å²) in [6, 6.07) is 0. The molecule has 2 aliphatic rings. The number of rotatable bonds is 3. The van der Waals surface area contributed by atoms with Crippen LogP contribution in [-0.4, -0.2) is 40.4 Å². The molecule has 3 atom stereocenters. The van der Waals surface area contributed by atoms with Crippen molar-refractivity contribution in [2.24, 2.45) is 11.8 Å². The number of hydrogen-bond donors (Lipinski definition) is 1. The molecule has 16 heavy (non-hydrogen) atoms. The number of aliphatic hydroxyl groups is 1. The minimum Gasteiger partial charge on any atom is -0.393 e. The van der Waals surface area contributed by atoms with Crippen molar-refractivity contribution in [2.75, 3.05) is 18.4 Å². The van der Waals surface area contributed by atoms with E-state index in [1.807, 2.05) is 4.90 Å². The summed E-state index contributed by atoms with van der Waals surface area (Å²) in [7, 11) is 0. The van der Waals surface area contributed by atoms with E-state index in [2.05, 4.69) is 15.9 Å². The second-order valence-corrected chi connectivity index (χ2v) is 5.78. The summed E-state index contributed by atoms with van der Waals surface area (Å²) >= 11 is 3.44. The Balaban J connectivity index is 1.86. The predicted molar refractivity (Wildman–Crippen MR) is 66.4 cm³/mol. The smallest absolute Gasteiger partial charge is 0.222 e. The van der Waals surface area contributed by atoms with E-state index in [-0.39, 0.29) is 12.0 Å². The summed E-state index contributed by atoms with van der Waals surface area (Å²) in [5.41, 5.74) is 0. The van der Waals surface area contributed by atoms with E-state index < -0.39 is 0 Å². The van der Waals surface area contributed by atoms with Crippen molar-refractivity contribution in [1.29, 1.82) is 0 Å². The van der Waals surface area contributed by atoms with E-state index in [0.29, 0.717) is 18.3 Å². The maximum atomic E-state index is 11.7. The van der Waals surface area contributed by atoms with Gasteiger partial charge in [-0.25, -0.2) is 0 Å². The number of carbonyl (C=O) groups excluding carboxylic acids is 1. The predicted octanol–water partition coefficient (Wildman–Crippen LogP) is 1.78. The Morgan fingerprint density at radius 3 is 2.75 bits per heavy atom. The molecule has 1 aliphatic heterocycles. The fraction of sp³-hybridized carbons (Fsp3) is 0.917. The topological polar surface area (TPSA) is 40.5 Å². The van der Waals surface area contributed by atoms with E-state index in [0.717, 1.165) is 37.7 Å². The van der Waals surface area contributed by atoms with Crippen LogP contribution < -0.4 is 0 Å². The molecule has 1 N–H and O–H groups in total. The SMILES string of the molecule is O=C1CC(CBr)CN1CC1CCCCC1O. The van der Waals surface area contributed by atoms with Crippen LogP contribution in [0, 0.1) is 11.8 Å². The van der Waals surface area contributed by atoms with Crippen molar-refractivity contribution in [2.45, 2.75) is 38.2 Å². The Labute approximate surface area is 105 Å². The molecule has 1 saturated heterocycles. The molecule has 1 amide bonds. The number of nitrogens with zero attached hydrogens (tertiary/aromatic N) is 1. The molecule has 3 nitrogen and oxygen atoms in total. The first-order valence-corrected chi connectivity index (χ1v) is 7.34. The Morgan fingerprint density at radius 2 is 2.12 bits per heavy atom. The zero-order chi connectivity index (χ0) is 11.5. The van der Waals surface area contributed by atoms with Gasteiger partial charge in [0.2, 0.25) is 5.91 Å². The maximum Gasteiger partial charge on any atom is 0.222 e. The molecule has 3 unspecified atom stereocenters. The quantitative estimate of drug-likeness (QED) is 0.805. The highest BCUT2D eigenvalue weighted by molar-refractivity contribution is 9.09. The van der Waals surface area contributed by atoms with E-state index in [1.165, 1.54) is 6.42 Å². The third-order valence-electron chi connectivity index (χ3n) is 3.84. The van der Waals surface area contributed by atoms with Crippen LogP contribution in [0.4, 0.5) is 0 Å². The third-order valence-corrected chi connectivity index (χ3v) is 4.75. The Hall–Kier alpha value is -0.0900. The third kappa shape index (κ3) is 2.77. The monoisotopic (exact) mass is 289 g/mol. The van der Waals surface area contributed by atoms with Gasteiger partial charge in [-0.2, -0.15) is 0 Å². The molecule has 0 aromatic heterocycles. The molecule has 2 rings (SSSR count). The lowest BCUT2D eigenvalue weighted by molar-refractivity contribution is -0.128. The largest absolute Gasteiger partial charge is 0.393 e. The van der Waals surface area contributed by atoms with Gasteiger partial charge in [0.15, 0.2) is 0 Å². The molecule has 4 heteroatoms. The van der Waals surface area contributed by atoms with E-state index >= 15 is 0 Å². The van der Waals surface area contributed by atoms with Gasteiger partial charge in [-0.15, -0.1) is 0 Å². The lowest BCUT2D eigenvalue weighted by atomic mass is 9.86. The van der Waals surface area contributed by atoms with Crippen molar-refractivity contribution in [1.82, 2.24) is 4.90 Å². The second kappa shape index (κ2) is 5.50. The number of likely N-dealkylation sites (tertiary alicyclic amines) is 1. The van der Waals surface area contributed by atoms with Crippen molar-refractivity contribution >= 4 is 21.8 Å². The second-order valence-electron chi connectivity index (χ2n) is 5.14. The summed E-state index contributed by atoms with van der Waals surface area (Å²) in [6.07, 6.45) is 4.80. The zero-order valence-electron chi connectivity index (χ0n) is 9.57. The molecule has 92 valence electrons. The first-order valence-electron chi connectivity index (χ1n) is 6.22. The van der Waals surface area contributed by atoms with Crippen LogP contribution in [0.15, 0.2) is 0 Å².